The van der Waals surface area contributed by atoms with Gasteiger partial charge in [0.25, 0.3) is 11.1 Å². The molecule has 4 aromatic rings. The van der Waals surface area contributed by atoms with Crippen molar-refractivity contribution in [1.82, 2.24) is 9.38 Å². The highest BCUT2D eigenvalue weighted by Crippen LogP contribution is 2.25. The first-order valence-electron chi connectivity index (χ1n) is 6.83. The standard InChI is InChI=1S/C17H11ClN2O2/c1-9-12-8-10(18)6-7-14(12)20-15(9)16(21)19-13-5-3-2-4-11(13)17(20)22/h2-8H,1H3,(H,19,21). The number of H-pyrrole nitrogens is 1. The van der Waals surface area contributed by atoms with Crippen LogP contribution >= 0.6 is 11.6 Å². The van der Waals surface area contributed by atoms with E-state index in [1.807, 2.05) is 6.92 Å². The maximum absolute atomic E-state index is 12.9. The summed E-state index contributed by atoms with van der Waals surface area (Å²) in [7, 11) is 0. The van der Waals surface area contributed by atoms with Crippen LogP contribution in [0, 0.1) is 6.92 Å². The molecule has 0 amide bonds. The second-order valence-electron chi connectivity index (χ2n) is 5.28. The number of benzene rings is 2. The molecular formula is C17H11ClN2O2. The summed E-state index contributed by atoms with van der Waals surface area (Å²) < 4.78 is 1.47. The van der Waals surface area contributed by atoms with Crippen molar-refractivity contribution in [3.63, 3.8) is 0 Å². The Kier molecular flexibility index (Phi) is 2.65. The number of aryl methyl sites for hydroxylation is 1. The minimum atomic E-state index is -0.289. The Labute approximate surface area is 129 Å². The molecule has 0 atom stereocenters. The van der Waals surface area contributed by atoms with Gasteiger partial charge in [-0.3, -0.25) is 14.0 Å². The number of hydrogen-bond acceptors (Lipinski definition) is 2. The minimum absolute atomic E-state index is 0.218. The van der Waals surface area contributed by atoms with E-state index in [1.54, 1.807) is 42.5 Å². The van der Waals surface area contributed by atoms with Gasteiger partial charge in [0, 0.05) is 10.4 Å². The summed E-state index contributed by atoms with van der Waals surface area (Å²) in [5.74, 6) is 0. The van der Waals surface area contributed by atoms with Crippen LogP contribution in [0.25, 0.3) is 27.3 Å². The predicted octanol–water partition coefficient (Wildman–Crippen LogP) is 3.26. The third-order valence-electron chi connectivity index (χ3n) is 4.01. The van der Waals surface area contributed by atoms with Gasteiger partial charge < -0.3 is 4.98 Å². The summed E-state index contributed by atoms with van der Waals surface area (Å²) in [5, 5.41) is 1.86. The van der Waals surface area contributed by atoms with Gasteiger partial charge in [-0.1, -0.05) is 23.7 Å². The van der Waals surface area contributed by atoms with E-state index in [0.29, 0.717) is 27.0 Å². The van der Waals surface area contributed by atoms with Crippen LogP contribution in [-0.4, -0.2) is 9.38 Å². The molecule has 22 heavy (non-hydrogen) atoms. The van der Waals surface area contributed by atoms with Gasteiger partial charge in [-0.2, -0.15) is 0 Å². The molecule has 0 radical (unpaired) electrons. The van der Waals surface area contributed by atoms with Crippen LogP contribution in [0.2, 0.25) is 5.02 Å². The average Bonchev–Trinajstić information content (AvgIpc) is 2.73. The fourth-order valence-corrected chi connectivity index (χ4v) is 3.15. The summed E-state index contributed by atoms with van der Waals surface area (Å²) in [6, 6.07) is 12.3. The summed E-state index contributed by atoms with van der Waals surface area (Å²) in [6.45, 7) is 1.83. The molecule has 0 aliphatic heterocycles. The van der Waals surface area contributed by atoms with Gasteiger partial charge in [-0.05, 0) is 42.8 Å². The number of fused-ring (bicyclic) bond motifs is 4. The Balaban J connectivity index is 2.47. The van der Waals surface area contributed by atoms with Gasteiger partial charge in [0.1, 0.15) is 5.52 Å². The molecule has 0 saturated carbocycles. The average molecular weight is 311 g/mol. The molecule has 0 spiro atoms. The van der Waals surface area contributed by atoms with Crippen molar-refractivity contribution in [2.24, 2.45) is 0 Å². The van der Waals surface area contributed by atoms with Crippen LogP contribution in [0.15, 0.2) is 52.1 Å². The van der Waals surface area contributed by atoms with E-state index in [-0.39, 0.29) is 11.1 Å². The second kappa shape index (κ2) is 4.45. The van der Waals surface area contributed by atoms with Gasteiger partial charge in [0.2, 0.25) is 0 Å². The molecule has 0 saturated heterocycles. The molecule has 4 rings (SSSR count). The van der Waals surface area contributed by atoms with E-state index in [9.17, 15) is 9.59 Å². The topological polar surface area (TPSA) is 54.3 Å². The maximum Gasteiger partial charge on any atom is 0.273 e. The monoisotopic (exact) mass is 310 g/mol. The summed E-state index contributed by atoms with van der Waals surface area (Å²) in [4.78, 5) is 28.3. The lowest BCUT2D eigenvalue weighted by Crippen LogP contribution is -2.12. The first-order valence-corrected chi connectivity index (χ1v) is 7.21. The number of aromatic nitrogens is 2. The first-order chi connectivity index (χ1) is 10.6. The summed E-state index contributed by atoms with van der Waals surface area (Å²) in [5.41, 5.74) is 1.82. The zero-order chi connectivity index (χ0) is 15.4. The zero-order valence-corrected chi connectivity index (χ0v) is 12.4. The molecule has 2 aromatic carbocycles. The Morgan fingerprint density at radius 2 is 1.82 bits per heavy atom. The highest BCUT2D eigenvalue weighted by atomic mass is 35.5. The molecule has 4 nitrogen and oxygen atoms in total. The van der Waals surface area contributed by atoms with Crippen LogP contribution in [0.1, 0.15) is 5.56 Å². The van der Waals surface area contributed by atoms with E-state index < -0.39 is 0 Å². The van der Waals surface area contributed by atoms with Crippen molar-refractivity contribution < 1.29 is 0 Å². The van der Waals surface area contributed by atoms with E-state index in [1.165, 1.54) is 4.40 Å². The number of nitrogens with zero attached hydrogens (tertiary/aromatic N) is 1. The van der Waals surface area contributed by atoms with Crippen molar-refractivity contribution in [2.75, 3.05) is 0 Å². The normalized spacial score (nSPS) is 11.5. The third kappa shape index (κ3) is 1.64. The van der Waals surface area contributed by atoms with Crippen LogP contribution in [0.5, 0.6) is 0 Å². The second-order valence-corrected chi connectivity index (χ2v) is 5.71. The fraction of sp³-hybridized carbons (Fsp3) is 0.0588. The van der Waals surface area contributed by atoms with Crippen LogP contribution in [0.4, 0.5) is 0 Å². The van der Waals surface area contributed by atoms with E-state index in [2.05, 4.69) is 4.98 Å². The molecule has 0 unspecified atom stereocenters. The number of halogens is 1. The molecular weight excluding hydrogens is 300 g/mol. The molecule has 0 aliphatic rings. The molecule has 2 aromatic heterocycles. The number of para-hydroxylation sites is 1. The number of aromatic amines is 1. The Bertz CT molecular complexity index is 1190. The highest BCUT2D eigenvalue weighted by Gasteiger charge is 2.14. The first kappa shape index (κ1) is 13.1. The lowest BCUT2D eigenvalue weighted by atomic mass is 10.2. The van der Waals surface area contributed by atoms with Crippen LogP contribution in [0.3, 0.4) is 0 Å². The third-order valence-corrected chi connectivity index (χ3v) is 4.24. The number of nitrogens with one attached hydrogen (secondary N) is 1. The SMILES string of the molecule is Cc1c2cc(Cl)ccc2n2c(=O)c3ccccc3[nH]c(=O)c12. The molecule has 0 fully saturated rings. The van der Waals surface area contributed by atoms with E-state index >= 15 is 0 Å². The van der Waals surface area contributed by atoms with Gasteiger partial charge in [0.05, 0.1) is 16.4 Å². The Hall–Kier alpha value is -2.59. The van der Waals surface area contributed by atoms with Gasteiger partial charge in [0.15, 0.2) is 0 Å². The number of rotatable bonds is 0. The molecule has 1 N–H and O–H groups in total. The molecule has 0 aliphatic carbocycles. The lowest BCUT2D eigenvalue weighted by molar-refractivity contribution is 1.18. The molecule has 2 heterocycles. The highest BCUT2D eigenvalue weighted by molar-refractivity contribution is 6.31. The summed E-state index contributed by atoms with van der Waals surface area (Å²) >= 11 is 6.05. The quantitative estimate of drug-likeness (QED) is 0.542. The van der Waals surface area contributed by atoms with Crippen molar-refractivity contribution in [2.45, 2.75) is 6.92 Å². The molecule has 108 valence electrons. The van der Waals surface area contributed by atoms with Crippen LogP contribution < -0.4 is 11.1 Å². The number of hydrogen-bond donors (Lipinski definition) is 1. The predicted molar refractivity (Wildman–Crippen MR) is 89.0 cm³/mol. The lowest BCUT2D eigenvalue weighted by Gasteiger charge is -1.94. The van der Waals surface area contributed by atoms with Gasteiger partial charge in [-0.25, -0.2) is 0 Å². The maximum atomic E-state index is 12.9. The fourth-order valence-electron chi connectivity index (χ4n) is 2.98. The molecule has 0 bridgehead atoms. The summed E-state index contributed by atoms with van der Waals surface area (Å²) in [6.07, 6.45) is 0. The van der Waals surface area contributed by atoms with Crippen molar-refractivity contribution in [3.05, 3.63) is 73.8 Å². The van der Waals surface area contributed by atoms with E-state index in [0.717, 1.165) is 10.9 Å². The van der Waals surface area contributed by atoms with E-state index in [4.69, 9.17) is 11.6 Å². The van der Waals surface area contributed by atoms with Crippen molar-refractivity contribution in [3.8, 4) is 0 Å². The Morgan fingerprint density at radius 1 is 1.05 bits per heavy atom. The van der Waals surface area contributed by atoms with Gasteiger partial charge >= 0.3 is 0 Å². The van der Waals surface area contributed by atoms with Gasteiger partial charge in [-0.15, -0.1) is 0 Å². The van der Waals surface area contributed by atoms with Crippen LogP contribution in [-0.2, 0) is 0 Å². The minimum Gasteiger partial charge on any atom is -0.320 e. The Morgan fingerprint density at radius 3 is 2.64 bits per heavy atom. The molecule has 5 heteroatoms. The largest absolute Gasteiger partial charge is 0.320 e. The zero-order valence-electron chi connectivity index (χ0n) is 11.7. The van der Waals surface area contributed by atoms with Crippen molar-refractivity contribution >= 4 is 38.9 Å². The van der Waals surface area contributed by atoms with Crippen molar-refractivity contribution in [1.29, 1.82) is 0 Å². The smallest absolute Gasteiger partial charge is 0.273 e.